The second-order valence-electron chi connectivity index (χ2n) is 8.74. The van der Waals surface area contributed by atoms with E-state index in [1.807, 2.05) is 37.2 Å². The number of nitrogens with zero attached hydrogens (tertiary/aromatic N) is 5. The summed E-state index contributed by atoms with van der Waals surface area (Å²) in [6.07, 6.45) is 2.28. The number of β-amino-alcohol motifs (C(OH)–C–C–N with tert-alkyl or cyclic N) is 1. The topological polar surface area (TPSA) is 110 Å². The number of hydrogen-bond acceptors (Lipinski definition) is 7. The maximum atomic E-state index is 13.3. The van der Waals surface area contributed by atoms with E-state index in [2.05, 4.69) is 20.4 Å². The largest absolute Gasteiger partial charge is 0.392 e. The molecule has 4 rings (SSSR count). The number of rotatable bonds is 8. The summed E-state index contributed by atoms with van der Waals surface area (Å²) in [4.78, 5) is 3.58. The summed E-state index contributed by atoms with van der Waals surface area (Å²) < 4.78 is 28.4. The van der Waals surface area contributed by atoms with E-state index in [4.69, 9.17) is 5.41 Å². The number of aryl methyl sites for hydroxylation is 2. The van der Waals surface area contributed by atoms with Crippen LogP contribution in [0.2, 0.25) is 0 Å². The third-order valence-corrected chi connectivity index (χ3v) is 7.37. The smallest absolute Gasteiger partial charge is 0.185 e. The molecule has 3 N–H and O–H groups in total. The van der Waals surface area contributed by atoms with Crippen molar-refractivity contribution in [2.24, 2.45) is 7.05 Å². The first-order valence-corrected chi connectivity index (χ1v) is 13.5. The zero-order chi connectivity index (χ0) is 27.1. The van der Waals surface area contributed by atoms with Crippen molar-refractivity contribution in [1.29, 1.82) is 5.41 Å². The lowest BCUT2D eigenvalue weighted by atomic mass is 9.94. The molecular formula is C26H36FN7O2S. The van der Waals surface area contributed by atoms with Gasteiger partial charge in [0.05, 0.1) is 12.3 Å². The molecule has 200 valence electrons. The summed E-state index contributed by atoms with van der Waals surface area (Å²) in [5.41, 5.74) is 4.13. The Morgan fingerprint density at radius 1 is 1.27 bits per heavy atom. The van der Waals surface area contributed by atoms with Crippen LogP contribution in [0, 0.1) is 18.2 Å². The monoisotopic (exact) mass is 529 g/mol. The molecule has 1 aliphatic rings. The Morgan fingerprint density at radius 2 is 1.97 bits per heavy atom. The number of piperazine rings is 1. The summed E-state index contributed by atoms with van der Waals surface area (Å²) in [6, 6.07) is 9.86. The Hall–Kier alpha value is -2.99. The van der Waals surface area contributed by atoms with Crippen LogP contribution in [-0.4, -0.2) is 72.0 Å². The molecule has 0 aliphatic carbocycles. The molecule has 37 heavy (non-hydrogen) atoms. The molecular weight excluding hydrogens is 493 g/mol. The van der Waals surface area contributed by atoms with Crippen molar-refractivity contribution >= 4 is 28.6 Å². The highest BCUT2D eigenvalue weighted by atomic mass is 32.2. The molecule has 0 bridgehead atoms. The van der Waals surface area contributed by atoms with Gasteiger partial charge in [0.15, 0.2) is 5.03 Å². The third-order valence-electron chi connectivity index (χ3n) is 6.02. The Morgan fingerprint density at radius 3 is 2.57 bits per heavy atom. The van der Waals surface area contributed by atoms with Crippen LogP contribution in [0.4, 0.5) is 15.8 Å². The Balaban J connectivity index is 0.00000186. The standard InChI is InChI=1S/C24H30FN7O2S.C2H6/c1-16-10-22(28-20-6-4-19(25)5-7-20)18(12-26)11-21(16)23-15-32(9-8-31(23)14-17(2)33)35(34)24-13-27-30(3)29-24;1-2/h4-7,10-13,17,23,26,28,33H,8-9,14-15H2,1-3H3;1-2H3. The highest BCUT2D eigenvalue weighted by Crippen LogP contribution is 2.33. The summed E-state index contributed by atoms with van der Waals surface area (Å²) in [5, 5.41) is 30.0. The fraction of sp³-hybridized carbons (Fsp3) is 0.423. The van der Waals surface area contributed by atoms with Gasteiger partial charge in [-0.25, -0.2) is 12.9 Å². The van der Waals surface area contributed by atoms with Gasteiger partial charge in [0.1, 0.15) is 16.8 Å². The van der Waals surface area contributed by atoms with E-state index in [9.17, 15) is 13.7 Å². The lowest BCUT2D eigenvalue weighted by molar-refractivity contribution is 0.0636. The van der Waals surface area contributed by atoms with Crippen molar-refractivity contribution in [3.63, 3.8) is 0 Å². The minimum Gasteiger partial charge on any atom is -0.392 e. The molecule has 0 radical (unpaired) electrons. The average molecular weight is 530 g/mol. The normalized spacial score (nSPS) is 18.0. The first-order chi connectivity index (χ1) is 17.7. The van der Waals surface area contributed by atoms with Gasteiger partial charge in [-0.3, -0.25) is 4.90 Å². The van der Waals surface area contributed by atoms with Gasteiger partial charge in [0.2, 0.25) is 0 Å². The zero-order valence-corrected chi connectivity index (χ0v) is 22.8. The van der Waals surface area contributed by atoms with Crippen LogP contribution < -0.4 is 5.32 Å². The fourth-order valence-corrected chi connectivity index (χ4v) is 5.47. The van der Waals surface area contributed by atoms with E-state index in [1.54, 1.807) is 26.1 Å². The van der Waals surface area contributed by atoms with Gasteiger partial charge in [0.25, 0.3) is 0 Å². The molecule has 3 unspecified atom stereocenters. The highest BCUT2D eigenvalue weighted by molar-refractivity contribution is 7.82. The lowest BCUT2D eigenvalue weighted by Gasteiger charge is -2.41. The van der Waals surface area contributed by atoms with Crippen molar-refractivity contribution in [2.45, 2.75) is 44.9 Å². The van der Waals surface area contributed by atoms with Crippen molar-refractivity contribution in [3.05, 3.63) is 65.1 Å². The molecule has 3 atom stereocenters. The summed E-state index contributed by atoms with van der Waals surface area (Å²) in [5.74, 6) is -0.312. The van der Waals surface area contributed by atoms with Crippen LogP contribution in [0.15, 0.2) is 47.6 Å². The Labute approximate surface area is 220 Å². The quantitative estimate of drug-likeness (QED) is 0.383. The van der Waals surface area contributed by atoms with Crippen LogP contribution in [0.3, 0.4) is 0 Å². The predicted octanol–water partition coefficient (Wildman–Crippen LogP) is 3.79. The van der Waals surface area contributed by atoms with Crippen LogP contribution in [0.5, 0.6) is 0 Å². The zero-order valence-electron chi connectivity index (χ0n) is 22.0. The predicted molar refractivity (Wildman–Crippen MR) is 145 cm³/mol. The van der Waals surface area contributed by atoms with Crippen LogP contribution >= 0.6 is 0 Å². The maximum absolute atomic E-state index is 13.3. The Kier molecular flexibility index (Phi) is 10.0. The lowest BCUT2D eigenvalue weighted by Crippen LogP contribution is -2.50. The van der Waals surface area contributed by atoms with Gasteiger partial charge in [-0.05, 0) is 61.4 Å². The van der Waals surface area contributed by atoms with Gasteiger partial charge >= 0.3 is 0 Å². The first kappa shape index (κ1) is 28.6. The van der Waals surface area contributed by atoms with Crippen molar-refractivity contribution < 1.29 is 13.7 Å². The van der Waals surface area contributed by atoms with Crippen molar-refractivity contribution in [1.82, 2.24) is 24.2 Å². The van der Waals surface area contributed by atoms with Crippen LogP contribution in [0.1, 0.15) is 43.5 Å². The molecule has 9 nitrogen and oxygen atoms in total. The van der Waals surface area contributed by atoms with Crippen LogP contribution in [0.25, 0.3) is 0 Å². The minimum absolute atomic E-state index is 0.141. The molecule has 1 aromatic heterocycles. The average Bonchev–Trinajstić information content (AvgIpc) is 3.32. The van der Waals surface area contributed by atoms with Crippen molar-refractivity contribution in [3.8, 4) is 0 Å². The number of halogens is 1. The molecule has 11 heteroatoms. The number of anilines is 2. The molecule has 1 saturated heterocycles. The van der Waals surface area contributed by atoms with Crippen LogP contribution in [-0.2, 0) is 18.0 Å². The van der Waals surface area contributed by atoms with Gasteiger partial charge in [-0.2, -0.15) is 9.90 Å². The highest BCUT2D eigenvalue weighted by Gasteiger charge is 2.33. The number of hydrogen-bond donors (Lipinski definition) is 3. The summed E-state index contributed by atoms with van der Waals surface area (Å²) >= 11 is 0. The number of aromatic nitrogens is 3. The van der Waals surface area contributed by atoms with Gasteiger partial charge in [-0.15, -0.1) is 5.10 Å². The minimum atomic E-state index is -1.46. The SMILES string of the molecule is CC.Cc1cc(Nc2ccc(F)cc2)c(C=N)cc1C1CN(S(=O)c2cnn(C)n2)CCN1CC(C)O. The van der Waals surface area contributed by atoms with E-state index in [1.165, 1.54) is 29.3 Å². The van der Waals surface area contributed by atoms with E-state index in [0.29, 0.717) is 36.8 Å². The number of nitrogens with one attached hydrogen (secondary N) is 2. The molecule has 0 amide bonds. The second-order valence-corrected chi connectivity index (χ2v) is 10.2. The molecule has 0 saturated carbocycles. The van der Waals surface area contributed by atoms with Gasteiger partial charge in [-0.1, -0.05) is 13.8 Å². The Bertz CT molecular complexity index is 1220. The number of aliphatic hydroxyl groups is 1. The number of aliphatic hydroxyl groups excluding tert-OH is 1. The molecule has 2 heterocycles. The second kappa shape index (κ2) is 13.0. The van der Waals surface area contributed by atoms with E-state index >= 15 is 0 Å². The summed E-state index contributed by atoms with van der Waals surface area (Å²) in [6.45, 7) is 9.89. The maximum Gasteiger partial charge on any atom is 0.185 e. The fourth-order valence-electron chi connectivity index (χ4n) is 4.36. The summed E-state index contributed by atoms with van der Waals surface area (Å²) in [7, 11) is 0.232. The van der Waals surface area contributed by atoms with E-state index in [-0.39, 0.29) is 11.9 Å². The van der Waals surface area contributed by atoms with Gasteiger partial charge in [0, 0.05) is 62.4 Å². The molecule has 0 spiro atoms. The third kappa shape index (κ3) is 7.07. The number of benzene rings is 2. The molecule has 1 fully saturated rings. The molecule has 3 aromatic rings. The van der Waals surface area contributed by atoms with Crippen molar-refractivity contribution in [2.75, 3.05) is 31.5 Å². The first-order valence-electron chi connectivity index (χ1n) is 12.4. The van der Waals surface area contributed by atoms with E-state index in [0.717, 1.165) is 22.5 Å². The molecule has 2 aromatic carbocycles. The van der Waals surface area contributed by atoms with Gasteiger partial charge < -0.3 is 15.8 Å². The van der Waals surface area contributed by atoms with E-state index < -0.39 is 17.1 Å². The molecule has 1 aliphatic heterocycles.